The van der Waals surface area contributed by atoms with Crippen LogP contribution in [0.3, 0.4) is 0 Å². The number of aryl methyl sites for hydroxylation is 1. The number of hydrazine groups is 1. The molecule has 1 aliphatic heterocycles. The van der Waals surface area contributed by atoms with Crippen LogP contribution in [0.2, 0.25) is 0 Å². The first-order valence-corrected chi connectivity index (χ1v) is 11.9. The number of hydrogen-bond acceptors (Lipinski definition) is 7. The van der Waals surface area contributed by atoms with Gasteiger partial charge in [-0.1, -0.05) is 5.16 Å². The number of fused-ring (bicyclic) bond motifs is 1. The van der Waals surface area contributed by atoms with Crippen LogP contribution < -0.4 is 15.9 Å². The third kappa shape index (κ3) is 6.04. The molecule has 3 N–H and O–H groups in total. The lowest BCUT2D eigenvalue weighted by atomic mass is 9.91. The molecule has 174 valence electrons. The second kappa shape index (κ2) is 10.9. The van der Waals surface area contributed by atoms with Gasteiger partial charge >= 0.3 is 0 Å². The Morgan fingerprint density at radius 1 is 1.19 bits per heavy atom. The zero-order valence-electron chi connectivity index (χ0n) is 19.4. The van der Waals surface area contributed by atoms with E-state index in [1.165, 1.54) is 31.9 Å². The summed E-state index contributed by atoms with van der Waals surface area (Å²) in [5.74, 6) is 2.38. The lowest BCUT2D eigenvalue weighted by molar-refractivity contribution is 0.143. The van der Waals surface area contributed by atoms with Crippen LogP contribution >= 0.6 is 0 Å². The van der Waals surface area contributed by atoms with E-state index in [0.29, 0.717) is 0 Å². The summed E-state index contributed by atoms with van der Waals surface area (Å²) in [5.41, 5.74) is 11.7. The van der Waals surface area contributed by atoms with E-state index in [1.807, 2.05) is 18.4 Å². The van der Waals surface area contributed by atoms with Crippen molar-refractivity contribution in [1.29, 1.82) is 0 Å². The normalized spacial score (nSPS) is 18.5. The fraction of sp³-hybridized carbons (Fsp3) is 0.560. The molecule has 7 heteroatoms. The molecule has 1 aliphatic carbocycles. The molecule has 0 radical (unpaired) electrons. The van der Waals surface area contributed by atoms with E-state index in [-0.39, 0.29) is 0 Å². The number of allylic oxidation sites excluding steroid dienone is 2. The number of aromatic nitrogens is 1. The number of benzene rings is 1. The second-order valence-electron chi connectivity index (χ2n) is 9.38. The molecule has 32 heavy (non-hydrogen) atoms. The first-order valence-electron chi connectivity index (χ1n) is 11.9. The quantitative estimate of drug-likeness (QED) is 0.515. The number of hydrogen-bond donors (Lipinski definition) is 2. The molecule has 2 fully saturated rings. The van der Waals surface area contributed by atoms with Crippen LogP contribution in [-0.4, -0.2) is 48.9 Å². The molecular formula is C25H37N5O2. The van der Waals surface area contributed by atoms with Gasteiger partial charge in [-0.15, -0.1) is 0 Å². The minimum atomic E-state index is 0.718. The largest absolute Gasteiger partial charge is 0.493 e. The predicted octanol–water partition coefficient (Wildman–Crippen LogP) is 3.81. The number of nitrogens with one attached hydrogen (secondary N) is 1. The standard InChI is InChI=1S/C25H37N5O2/c1-29(2)17-22-24(31-18-20-5-6-20)10-8-21-23(28-32-25(21)22)9-7-19-11-15-30(16-12-19)27-14-4-3-13-26/h3-4,8,10,13-14,19-20,27H,5-7,9,11-12,15-18,26H2,1-2H3/b13-3-,14-4-. The van der Waals surface area contributed by atoms with Crippen LogP contribution in [0.4, 0.5) is 0 Å². The van der Waals surface area contributed by atoms with Crippen LogP contribution in [0, 0.1) is 11.8 Å². The van der Waals surface area contributed by atoms with Gasteiger partial charge in [0.25, 0.3) is 0 Å². The summed E-state index contributed by atoms with van der Waals surface area (Å²) in [4.78, 5) is 2.16. The highest BCUT2D eigenvalue weighted by atomic mass is 16.5. The number of nitrogens with two attached hydrogens (primary N) is 1. The van der Waals surface area contributed by atoms with Gasteiger partial charge in [-0.2, -0.15) is 0 Å². The number of rotatable bonds is 11. The van der Waals surface area contributed by atoms with Gasteiger partial charge in [-0.05, 0) is 94.9 Å². The monoisotopic (exact) mass is 439 g/mol. The van der Waals surface area contributed by atoms with Crippen molar-refractivity contribution in [1.82, 2.24) is 20.5 Å². The highest BCUT2D eigenvalue weighted by molar-refractivity contribution is 5.84. The van der Waals surface area contributed by atoms with Gasteiger partial charge in [0, 0.05) is 31.2 Å². The summed E-state index contributed by atoms with van der Waals surface area (Å²) in [6.45, 7) is 3.69. The van der Waals surface area contributed by atoms with E-state index in [2.05, 4.69) is 46.7 Å². The molecule has 0 spiro atoms. The topological polar surface area (TPSA) is 79.8 Å². The van der Waals surface area contributed by atoms with E-state index in [4.69, 9.17) is 15.0 Å². The first-order chi connectivity index (χ1) is 15.6. The van der Waals surface area contributed by atoms with E-state index >= 15 is 0 Å². The maximum absolute atomic E-state index is 6.15. The molecule has 7 nitrogen and oxygen atoms in total. The first kappa shape index (κ1) is 22.7. The van der Waals surface area contributed by atoms with E-state index in [9.17, 15) is 0 Å². The highest BCUT2D eigenvalue weighted by Crippen LogP contribution is 2.35. The molecule has 1 saturated heterocycles. The summed E-state index contributed by atoms with van der Waals surface area (Å²) in [7, 11) is 4.15. The molecule has 1 saturated carbocycles. The summed E-state index contributed by atoms with van der Waals surface area (Å²) in [5, 5.41) is 7.87. The van der Waals surface area contributed by atoms with Crippen molar-refractivity contribution in [3.05, 3.63) is 47.9 Å². The predicted molar refractivity (Wildman–Crippen MR) is 128 cm³/mol. The summed E-state index contributed by atoms with van der Waals surface area (Å²) >= 11 is 0. The van der Waals surface area contributed by atoms with Crippen LogP contribution in [0.1, 0.15) is 43.4 Å². The van der Waals surface area contributed by atoms with Crippen molar-refractivity contribution >= 4 is 11.0 Å². The zero-order chi connectivity index (χ0) is 22.3. The second-order valence-corrected chi connectivity index (χ2v) is 9.38. The van der Waals surface area contributed by atoms with Gasteiger partial charge in [-0.25, -0.2) is 5.01 Å². The van der Waals surface area contributed by atoms with Gasteiger partial charge < -0.3 is 25.3 Å². The van der Waals surface area contributed by atoms with E-state index < -0.39 is 0 Å². The van der Waals surface area contributed by atoms with E-state index in [0.717, 1.165) is 78.9 Å². The van der Waals surface area contributed by atoms with Crippen molar-refractivity contribution < 1.29 is 9.26 Å². The number of piperidine rings is 1. The molecule has 2 heterocycles. The van der Waals surface area contributed by atoms with Gasteiger partial charge in [-0.3, -0.25) is 0 Å². The van der Waals surface area contributed by atoms with Crippen molar-refractivity contribution in [2.24, 2.45) is 17.6 Å². The molecular weight excluding hydrogens is 402 g/mol. The van der Waals surface area contributed by atoms with Crippen molar-refractivity contribution in [2.45, 2.75) is 45.1 Å². The van der Waals surface area contributed by atoms with Gasteiger partial charge in [0.1, 0.15) is 5.75 Å². The lowest BCUT2D eigenvalue weighted by Gasteiger charge is -2.31. The molecule has 1 aromatic carbocycles. The molecule has 2 aromatic rings. The maximum Gasteiger partial charge on any atom is 0.175 e. The molecule has 0 bridgehead atoms. The van der Waals surface area contributed by atoms with Crippen molar-refractivity contribution in [2.75, 3.05) is 33.8 Å². The molecule has 0 amide bonds. The number of ether oxygens (including phenoxy) is 1. The molecule has 1 aromatic heterocycles. The molecule has 0 atom stereocenters. The Kier molecular flexibility index (Phi) is 7.71. The smallest absolute Gasteiger partial charge is 0.175 e. The van der Waals surface area contributed by atoms with Crippen LogP contribution in [0.5, 0.6) is 5.75 Å². The van der Waals surface area contributed by atoms with Crippen molar-refractivity contribution in [3.63, 3.8) is 0 Å². The van der Waals surface area contributed by atoms with Crippen LogP contribution in [0.15, 0.2) is 41.2 Å². The number of nitrogens with zero attached hydrogens (tertiary/aromatic N) is 3. The minimum Gasteiger partial charge on any atom is -0.493 e. The molecule has 4 rings (SSSR count). The van der Waals surface area contributed by atoms with Crippen molar-refractivity contribution in [3.8, 4) is 5.75 Å². The average Bonchev–Trinajstić information content (AvgIpc) is 3.53. The fourth-order valence-electron chi connectivity index (χ4n) is 4.32. The zero-order valence-corrected chi connectivity index (χ0v) is 19.4. The minimum absolute atomic E-state index is 0.718. The average molecular weight is 440 g/mol. The van der Waals surface area contributed by atoms with Crippen LogP contribution in [0.25, 0.3) is 11.0 Å². The summed E-state index contributed by atoms with van der Waals surface area (Å²) in [6, 6.07) is 4.25. The Morgan fingerprint density at radius 2 is 2.00 bits per heavy atom. The Hall–Kier alpha value is -2.51. The lowest BCUT2D eigenvalue weighted by Crippen LogP contribution is -2.41. The Bertz CT molecular complexity index is 924. The fourth-order valence-corrected chi connectivity index (χ4v) is 4.32. The Labute approximate surface area is 191 Å². The highest BCUT2D eigenvalue weighted by Gasteiger charge is 2.24. The third-order valence-electron chi connectivity index (χ3n) is 6.40. The van der Waals surface area contributed by atoms with Crippen LogP contribution in [-0.2, 0) is 13.0 Å². The molecule has 2 aliphatic rings. The van der Waals surface area contributed by atoms with Gasteiger partial charge in [0.15, 0.2) is 5.58 Å². The Balaban J connectivity index is 1.35. The molecule has 0 unspecified atom stereocenters. The summed E-state index contributed by atoms with van der Waals surface area (Å²) < 4.78 is 12.0. The van der Waals surface area contributed by atoms with Gasteiger partial charge in [0.05, 0.1) is 17.9 Å². The summed E-state index contributed by atoms with van der Waals surface area (Å²) in [6.07, 6.45) is 14.2. The van der Waals surface area contributed by atoms with E-state index in [1.54, 1.807) is 0 Å². The van der Waals surface area contributed by atoms with Gasteiger partial charge in [0.2, 0.25) is 0 Å². The maximum atomic E-state index is 6.15. The Morgan fingerprint density at radius 3 is 2.72 bits per heavy atom. The SMILES string of the molecule is CN(C)Cc1c(OCC2CC2)ccc2c(CCC3CCN(N/C=C\C=C/N)CC3)noc12. The third-order valence-corrected chi connectivity index (χ3v) is 6.40.